The Hall–Kier alpha value is -2.73. The first-order chi connectivity index (χ1) is 11.7. The van der Waals surface area contributed by atoms with Gasteiger partial charge in [0.15, 0.2) is 0 Å². The van der Waals surface area contributed by atoms with Crippen LogP contribution < -0.4 is 5.32 Å². The van der Waals surface area contributed by atoms with Crippen LogP contribution in [0.1, 0.15) is 18.7 Å². The molecule has 3 rings (SSSR count). The van der Waals surface area contributed by atoms with E-state index in [0.29, 0.717) is 36.0 Å². The Morgan fingerprint density at radius 2 is 2.04 bits per heavy atom. The highest BCUT2D eigenvalue weighted by Crippen LogP contribution is 2.16. The largest absolute Gasteiger partial charge is 0.339 e. The van der Waals surface area contributed by atoms with Gasteiger partial charge >= 0.3 is 0 Å². The number of hydrogen-bond donors (Lipinski definition) is 1. The summed E-state index contributed by atoms with van der Waals surface area (Å²) in [6.07, 6.45) is 4.89. The lowest BCUT2D eigenvalue weighted by atomic mass is 10.2. The van der Waals surface area contributed by atoms with Gasteiger partial charge in [0.1, 0.15) is 0 Å². The summed E-state index contributed by atoms with van der Waals surface area (Å²) in [5.74, 6) is 0.946. The molecule has 7 heteroatoms. The number of anilines is 1. The molecule has 1 amide bonds. The Balaban J connectivity index is 1.47. The number of carbonyl (C=O) groups is 1. The SMILES string of the molecule is O=C(CCCc1nc(-c2cccnc2)no1)Nc1ccc(Cl)cc1. The number of amides is 1. The summed E-state index contributed by atoms with van der Waals surface area (Å²) in [5.41, 5.74) is 1.52. The number of pyridine rings is 1. The van der Waals surface area contributed by atoms with Gasteiger partial charge in [0, 0.05) is 41.5 Å². The van der Waals surface area contributed by atoms with Crippen LogP contribution in [0.4, 0.5) is 5.69 Å². The molecule has 0 aliphatic carbocycles. The molecule has 0 fully saturated rings. The van der Waals surface area contributed by atoms with E-state index in [1.54, 1.807) is 36.7 Å². The molecule has 122 valence electrons. The molecule has 0 saturated heterocycles. The fourth-order valence-corrected chi connectivity index (χ4v) is 2.25. The average molecular weight is 343 g/mol. The predicted molar refractivity (Wildman–Crippen MR) is 90.5 cm³/mol. The zero-order valence-electron chi connectivity index (χ0n) is 12.8. The van der Waals surface area contributed by atoms with E-state index < -0.39 is 0 Å². The highest BCUT2D eigenvalue weighted by atomic mass is 35.5. The maximum absolute atomic E-state index is 11.9. The first kappa shape index (κ1) is 16.1. The van der Waals surface area contributed by atoms with E-state index in [1.165, 1.54) is 0 Å². The molecule has 0 bridgehead atoms. The number of nitrogens with one attached hydrogen (secondary N) is 1. The van der Waals surface area contributed by atoms with Crippen LogP contribution in [0.15, 0.2) is 53.3 Å². The van der Waals surface area contributed by atoms with E-state index >= 15 is 0 Å². The normalized spacial score (nSPS) is 10.5. The molecule has 0 aliphatic heterocycles. The Morgan fingerprint density at radius 1 is 1.21 bits per heavy atom. The van der Waals surface area contributed by atoms with Crippen molar-refractivity contribution in [3.8, 4) is 11.4 Å². The molecule has 2 heterocycles. The molecule has 24 heavy (non-hydrogen) atoms. The van der Waals surface area contributed by atoms with Crippen molar-refractivity contribution in [3.63, 3.8) is 0 Å². The van der Waals surface area contributed by atoms with E-state index in [2.05, 4.69) is 20.4 Å². The van der Waals surface area contributed by atoms with Gasteiger partial charge in [-0.3, -0.25) is 9.78 Å². The van der Waals surface area contributed by atoms with Gasteiger partial charge in [0.2, 0.25) is 17.6 Å². The molecule has 1 N–H and O–H groups in total. The number of aryl methyl sites for hydroxylation is 1. The Kier molecular flexibility index (Phi) is 5.18. The van der Waals surface area contributed by atoms with E-state index in [4.69, 9.17) is 16.1 Å². The van der Waals surface area contributed by atoms with Gasteiger partial charge in [-0.1, -0.05) is 16.8 Å². The van der Waals surface area contributed by atoms with Crippen molar-refractivity contribution < 1.29 is 9.32 Å². The maximum atomic E-state index is 11.9. The smallest absolute Gasteiger partial charge is 0.226 e. The molecule has 0 radical (unpaired) electrons. The van der Waals surface area contributed by atoms with E-state index in [9.17, 15) is 4.79 Å². The zero-order valence-corrected chi connectivity index (χ0v) is 13.5. The van der Waals surface area contributed by atoms with Gasteiger partial charge in [-0.15, -0.1) is 0 Å². The zero-order chi connectivity index (χ0) is 16.8. The lowest BCUT2D eigenvalue weighted by molar-refractivity contribution is -0.116. The van der Waals surface area contributed by atoms with Crippen molar-refractivity contribution in [2.45, 2.75) is 19.3 Å². The summed E-state index contributed by atoms with van der Waals surface area (Å²) in [6.45, 7) is 0. The van der Waals surface area contributed by atoms with Gasteiger partial charge in [0.05, 0.1) is 0 Å². The van der Waals surface area contributed by atoms with Crippen LogP contribution in [0.25, 0.3) is 11.4 Å². The lowest BCUT2D eigenvalue weighted by Gasteiger charge is -2.04. The van der Waals surface area contributed by atoms with Crippen molar-refractivity contribution in [1.82, 2.24) is 15.1 Å². The number of hydrogen-bond acceptors (Lipinski definition) is 5. The molecule has 1 aromatic carbocycles. The third-order valence-corrected chi connectivity index (χ3v) is 3.56. The molecule has 0 atom stereocenters. The molecule has 6 nitrogen and oxygen atoms in total. The lowest BCUT2D eigenvalue weighted by Crippen LogP contribution is -2.11. The topological polar surface area (TPSA) is 80.9 Å². The van der Waals surface area contributed by atoms with Gasteiger partial charge in [0.25, 0.3) is 0 Å². The van der Waals surface area contributed by atoms with Crippen molar-refractivity contribution >= 4 is 23.2 Å². The first-order valence-electron chi connectivity index (χ1n) is 7.49. The minimum Gasteiger partial charge on any atom is -0.339 e. The fourth-order valence-electron chi connectivity index (χ4n) is 2.13. The van der Waals surface area contributed by atoms with Crippen molar-refractivity contribution in [3.05, 3.63) is 59.7 Å². The van der Waals surface area contributed by atoms with Crippen LogP contribution in [-0.2, 0) is 11.2 Å². The average Bonchev–Trinajstić information content (AvgIpc) is 3.07. The van der Waals surface area contributed by atoms with Crippen molar-refractivity contribution in [2.75, 3.05) is 5.32 Å². The number of aromatic nitrogens is 3. The van der Waals surface area contributed by atoms with Crippen molar-refractivity contribution in [1.29, 1.82) is 0 Å². The molecule has 0 spiro atoms. The quantitative estimate of drug-likeness (QED) is 0.737. The Labute approximate surface area is 143 Å². The van der Waals surface area contributed by atoms with Gasteiger partial charge in [-0.25, -0.2) is 0 Å². The number of nitrogens with zero attached hydrogens (tertiary/aromatic N) is 3. The minimum absolute atomic E-state index is 0.0654. The first-order valence-corrected chi connectivity index (χ1v) is 7.87. The second-order valence-corrected chi connectivity index (χ2v) is 5.60. The Morgan fingerprint density at radius 3 is 2.79 bits per heavy atom. The molecule has 3 aromatic rings. The minimum atomic E-state index is -0.0654. The number of rotatable bonds is 6. The summed E-state index contributed by atoms with van der Waals surface area (Å²) in [7, 11) is 0. The van der Waals surface area contributed by atoms with Gasteiger partial charge < -0.3 is 9.84 Å². The monoisotopic (exact) mass is 342 g/mol. The predicted octanol–water partition coefficient (Wildman–Crippen LogP) is 3.75. The van der Waals surface area contributed by atoms with E-state index in [-0.39, 0.29) is 5.91 Å². The number of benzene rings is 1. The molecule has 0 aliphatic rings. The molecular weight excluding hydrogens is 328 g/mol. The van der Waals surface area contributed by atoms with Crippen molar-refractivity contribution in [2.24, 2.45) is 0 Å². The Bertz CT molecular complexity index is 803. The van der Waals surface area contributed by atoms with E-state index in [0.717, 1.165) is 11.3 Å². The number of halogens is 1. The van der Waals surface area contributed by atoms with Crippen LogP contribution in [0.2, 0.25) is 5.02 Å². The summed E-state index contributed by atoms with van der Waals surface area (Å²) in [6, 6.07) is 10.7. The van der Waals surface area contributed by atoms with Crippen LogP contribution in [-0.4, -0.2) is 21.0 Å². The molecule has 2 aromatic heterocycles. The van der Waals surface area contributed by atoms with Crippen LogP contribution in [0, 0.1) is 0 Å². The number of carbonyl (C=O) groups excluding carboxylic acids is 1. The summed E-state index contributed by atoms with van der Waals surface area (Å²) in [5, 5.41) is 7.37. The van der Waals surface area contributed by atoms with Gasteiger partial charge in [-0.05, 0) is 42.8 Å². The molecule has 0 saturated carbocycles. The van der Waals surface area contributed by atoms with E-state index in [1.807, 2.05) is 12.1 Å². The summed E-state index contributed by atoms with van der Waals surface area (Å²) >= 11 is 5.81. The third kappa shape index (κ3) is 4.39. The van der Waals surface area contributed by atoms with Crippen LogP contribution in [0.3, 0.4) is 0 Å². The molecule has 0 unspecified atom stereocenters. The van der Waals surface area contributed by atoms with Gasteiger partial charge in [-0.2, -0.15) is 4.98 Å². The highest BCUT2D eigenvalue weighted by molar-refractivity contribution is 6.30. The maximum Gasteiger partial charge on any atom is 0.226 e. The second-order valence-electron chi connectivity index (χ2n) is 5.16. The summed E-state index contributed by atoms with van der Waals surface area (Å²) in [4.78, 5) is 20.2. The highest BCUT2D eigenvalue weighted by Gasteiger charge is 2.09. The second kappa shape index (κ2) is 7.70. The van der Waals surface area contributed by atoms with Crippen LogP contribution in [0.5, 0.6) is 0 Å². The third-order valence-electron chi connectivity index (χ3n) is 3.31. The molecular formula is C17H15ClN4O2. The standard InChI is InChI=1S/C17H15ClN4O2/c18-13-6-8-14(9-7-13)20-15(23)4-1-5-16-21-17(22-24-16)12-3-2-10-19-11-12/h2-3,6-11H,1,4-5H2,(H,20,23). The fraction of sp³-hybridized carbons (Fsp3) is 0.176. The van der Waals surface area contributed by atoms with Crippen LogP contribution >= 0.6 is 11.6 Å². The summed E-state index contributed by atoms with van der Waals surface area (Å²) < 4.78 is 5.20.